The Hall–Kier alpha value is -1.25. The van der Waals surface area contributed by atoms with Gasteiger partial charge in [0, 0.05) is 18.5 Å². The highest BCUT2D eigenvalue weighted by atomic mass is 16.4. The highest BCUT2D eigenvalue weighted by Gasteiger charge is 2.23. The second kappa shape index (κ2) is 12.2. The molecular weight excluding hydrogens is 298 g/mol. The summed E-state index contributed by atoms with van der Waals surface area (Å²) >= 11 is 0. The molecule has 1 rings (SSSR count). The van der Waals surface area contributed by atoms with Crippen LogP contribution in [0.25, 0.3) is 0 Å². The van der Waals surface area contributed by atoms with Crippen LogP contribution in [0.1, 0.15) is 107 Å². The molecule has 1 N–H and O–H groups in total. The lowest BCUT2D eigenvalue weighted by molar-refractivity contribution is 0.0922. The summed E-state index contributed by atoms with van der Waals surface area (Å²) in [5.74, 6) is 1.64. The van der Waals surface area contributed by atoms with E-state index in [0.717, 1.165) is 76.5 Å². The van der Waals surface area contributed by atoms with E-state index in [1.807, 2.05) is 0 Å². The number of carbonyl (C=O) groups is 1. The van der Waals surface area contributed by atoms with E-state index in [1.54, 1.807) is 0 Å². The Morgan fingerprint density at radius 2 is 1.33 bits per heavy atom. The molecular formula is C21H37NO2. The molecule has 3 nitrogen and oxygen atoms in total. The molecule has 0 aliphatic heterocycles. The molecule has 0 saturated heterocycles. The molecule has 138 valence electrons. The van der Waals surface area contributed by atoms with Crippen LogP contribution in [0.15, 0.2) is 4.42 Å². The number of aryl methyl sites for hydroxylation is 1. The zero-order chi connectivity index (χ0) is 17.8. The molecule has 24 heavy (non-hydrogen) atoms. The van der Waals surface area contributed by atoms with Crippen LogP contribution in [-0.2, 0) is 19.3 Å². The minimum atomic E-state index is -0.0185. The summed E-state index contributed by atoms with van der Waals surface area (Å²) in [5, 5.41) is 3.04. The molecule has 3 heteroatoms. The van der Waals surface area contributed by atoms with E-state index in [4.69, 9.17) is 4.42 Å². The third-order valence-corrected chi connectivity index (χ3v) is 4.54. The molecule has 0 aliphatic carbocycles. The molecule has 1 aromatic heterocycles. The molecule has 0 aromatic carbocycles. The van der Waals surface area contributed by atoms with E-state index < -0.39 is 0 Å². The number of hydrogen-bond donors (Lipinski definition) is 1. The lowest BCUT2D eigenvalue weighted by atomic mass is 9.96. The second-order valence-corrected chi connectivity index (χ2v) is 6.73. The Morgan fingerprint density at radius 1 is 0.792 bits per heavy atom. The third-order valence-electron chi connectivity index (χ3n) is 4.54. The highest BCUT2D eigenvalue weighted by Crippen LogP contribution is 2.28. The van der Waals surface area contributed by atoms with E-state index in [2.05, 4.69) is 33.0 Å². The lowest BCUT2D eigenvalue weighted by Gasteiger charge is -2.07. The van der Waals surface area contributed by atoms with Gasteiger partial charge in [-0.2, -0.15) is 0 Å². The summed E-state index contributed by atoms with van der Waals surface area (Å²) in [6.45, 7) is 9.49. The molecule has 0 spiro atoms. The number of nitrogens with one attached hydrogen (secondary N) is 1. The van der Waals surface area contributed by atoms with Crippen molar-refractivity contribution in [2.45, 2.75) is 98.3 Å². The fourth-order valence-electron chi connectivity index (χ4n) is 3.00. The fraction of sp³-hybridized carbons (Fsp3) is 0.762. The predicted molar refractivity (Wildman–Crippen MR) is 102 cm³/mol. The first-order chi connectivity index (χ1) is 11.7. The number of furan rings is 1. The predicted octanol–water partition coefficient (Wildman–Crippen LogP) is 5.84. The number of rotatable bonds is 13. The fourth-order valence-corrected chi connectivity index (χ4v) is 3.00. The Kier molecular flexibility index (Phi) is 10.5. The molecule has 1 amide bonds. The van der Waals surface area contributed by atoms with Crippen LogP contribution in [0.5, 0.6) is 0 Å². The highest BCUT2D eigenvalue weighted by molar-refractivity contribution is 5.93. The van der Waals surface area contributed by atoms with E-state index in [9.17, 15) is 4.79 Å². The van der Waals surface area contributed by atoms with E-state index in [-0.39, 0.29) is 5.91 Å². The zero-order valence-electron chi connectivity index (χ0n) is 16.3. The average molecular weight is 336 g/mol. The average Bonchev–Trinajstić information content (AvgIpc) is 2.93. The second-order valence-electron chi connectivity index (χ2n) is 6.73. The van der Waals surface area contributed by atoms with Gasteiger partial charge >= 0.3 is 0 Å². The molecule has 0 atom stereocenters. The Balaban J connectivity index is 3.07. The first-order valence-electron chi connectivity index (χ1n) is 10.1. The standard InChI is InChI=1S/C21H37NO2/c1-5-9-13-17-18(14-10-6-2)20(21(23)22-16-12-8-4)24-19(17)15-11-7-3/h5-16H2,1-4H3,(H,22,23). The van der Waals surface area contributed by atoms with Gasteiger partial charge in [0.05, 0.1) is 0 Å². The Morgan fingerprint density at radius 3 is 1.92 bits per heavy atom. The lowest BCUT2D eigenvalue weighted by Crippen LogP contribution is -2.25. The van der Waals surface area contributed by atoms with Crippen molar-refractivity contribution in [3.63, 3.8) is 0 Å². The smallest absolute Gasteiger partial charge is 0.287 e. The number of carbonyl (C=O) groups excluding carboxylic acids is 1. The van der Waals surface area contributed by atoms with Gasteiger partial charge < -0.3 is 9.73 Å². The van der Waals surface area contributed by atoms with Gasteiger partial charge in [0.15, 0.2) is 5.76 Å². The summed E-state index contributed by atoms with van der Waals surface area (Å²) in [4.78, 5) is 12.6. The molecule has 1 aromatic rings. The van der Waals surface area contributed by atoms with Crippen LogP contribution in [0.3, 0.4) is 0 Å². The number of unbranched alkanes of at least 4 members (excludes halogenated alkanes) is 4. The summed E-state index contributed by atoms with van der Waals surface area (Å²) in [7, 11) is 0. The first-order valence-corrected chi connectivity index (χ1v) is 10.1. The summed E-state index contributed by atoms with van der Waals surface area (Å²) in [5.41, 5.74) is 2.52. The van der Waals surface area contributed by atoms with Gasteiger partial charge in [-0.25, -0.2) is 0 Å². The van der Waals surface area contributed by atoms with Crippen molar-refractivity contribution in [1.29, 1.82) is 0 Å². The SMILES string of the molecule is CCCCNC(=O)c1oc(CCCC)c(CCCC)c1CCCC. The van der Waals surface area contributed by atoms with Crippen molar-refractivity contribution in [2.24, 2.45) is 0 Å². The monoisotopic (exact) mass is 335 g/mol. The molecule has 1 heterocycles. The van der Waals surface area contributed by atoms with Gasteiger partial charge in [-0.3, -0.25) is 4.79 Å². The Labute approximate surface area is 148 Å². The maximum absolute atomic E-state index is 12.6. The summed E-state index contributed by atoms with van der Waals surface area (Å²) < 4.78 is 6.12. The minimum absolute atomic E-state index is 0.0185. The van der Waals surface area contributed by atoms with E-state index in [1.165, 1.54) is 17.5 Å². The van der Waals surface area contributed by atoms with Gasteiger partial charge in [0.2, 0.25) is 0 Å². The normalized spacial score (nSPS) is 11.0. The summed E-state index contributed by atoms with van der Waals surface area (Å²) in [6, 6.07) is 0. The summed E-state index contributed by atoms with van der Waals surface area (Å²) in [6.07, 6.45) is 11.9. The van der Waals surface area contributed by atoms with Crippen molar-refractivity contribution >= 4 is 5.91 Å². The molecule has 0 aliphatic rings. The Bertz CT molecular complexity index is 476. The molecule has 0 saturated carbocycles. The van der Waals surface area contributed by atoms with Crippen molar-refractivity contribution in [1.82, 2.24) is 5.32 Å². The molecule has 0 radical (unpaired) electrons. The van der Waals surface area contributed by atoms with E-state index in [0.29, 0.717) is 5.76 Å². The number of amides is 1. The van der Waals surface area contributed by atoms with Crippen LogP contribution < -0.4 is 5.32 Å². The van der Waals surface area contributed by atoms with Crippen LogP contribution in [-0.4, -0.2) is 12.5 Å². The van der Waals surface area contributed by atoms with Crippen molar-refractivity contribution in [3.05, 3.63) is 22.6 Å². The van der Waals surface area contributed by atoms with Crippen LogP contribution >= 0.6 is 0 Å². The van der Waals surface area contributed by atoms with Gasteiger partial charge in [0.25, 0.3) is 5.91 Å². The van der Waals surface area contributed by atoms with Crippen molar-refractivity contribution < 1.29 is 9.21 Å². The zero-order valence-corrected chi connectivity index (χ0v) is 16.3. The maximum Gasteiger partial charge on any atom is 0.287 e. The molecule has 0 fully saturated rings. The van der Waals surface area contributed by atoms with Crippen molar-refractivity contribution in [2.75, 3.05) is 6.54 Å². The first kappa shape index (κ1) is 20.8. The maximum atomic E-state index is 12.6. The van der Waals surface area contributed by atoms with Gasteiger partial charge in [-0.05, 0) is 44.1 Å². The largest absolute Gasteiger partial charge is 0.455 e. The van der Waals surface area contributed by atoms with Crippen LogP contribution in [0, 0.1) is 0 Å². The number of hydrogen-bond acceptors (Lipinski definition) is 2. The van der Waals surface area contributed by atoms with E-state index >= 15 is 0 Å². The molecule has 0 bridgehead atoms. The van der Waals surface area contributed by atoms with Gasteiger partial charge in [-0.1, -0.05) is 53.4 Å². The van der Waals surface area contributed by atoms with Gasteiger partial charge in [0.1, 0.15) is 5.76 Å². The van der Waals surface area contributed by atoms with Crippen LogP contribution in [0.2, 0.25) is 0 Å². The quantitative estimate of drug-likeness (QED) is 0.460. The molecule has 0 unspecified atom stereocenters. The van der Waals surface area contributed by atoms with Crippen molar-refractivity contribution in [3.8, 4) is 0 Å². The van der Waals surface area contributed by atoms with Gasteiger partial charge in [-0.15, -0.1) is 0 Å². The van der Waals surface area contributed by atoms with Crippen LogP contribution in [0.4, 0.5) is 0 Å². The minimum Gasteiger partial charge on any atom is -0.455 e. The third kappa shape index (κ3) is 6.33. The topological polar surface area (TPSA) is 42.2 Å².